The molecule has 1 unspecified atom stereocenters. The van der Waals surface area contributed by atoms with Crippen molar-refractivity contribution in [1.29, 1.82) is 0 Å². The van der Waals surface area contributed by atoms with Gasteiger partial charge < -0.3 is 14.6 Å². The summed E-state index contributed by atoms with van der Waals surface area (Å²) >= 11 is 0. The SMILES string of the molecule is COc1ccc(COCC(O)Cn2nc(-c3ccc(F)cc3)c3ccccc3c2=O)cc1. The lowest BCUT2D eigenvalue weighted by molar-refractivity contribution is 0.0181. The number of benzene rings is 3. The van der Waals surface area contributed by atoms with Crippen LogP contribution in [0, 0.1) is 5.82 Å². The number of hydrogen-bond acceptors (Lipinski definition) is 5. The van der Waals surface area contributed by atoms with E-state index in [1.165, 1.54) is 16.8 Å². The first kappa shape index (κ1) is 21.7. The van der Waals surface area contributed by atoms with E-state index in [9.17, 15) is 14.3 Å². The lowest BCUT2D eigenvalue weighted by Gasteiger charge is -2.15. The Labute approximate surface area is 184 Å². The van der Waals surface area contributed by atoms with E-state index >= 15 is 0 Å². The largest absolute Gasteiger partial charge is 0.497 e. The molecule has 3 aromatic carbocycles. The predicted octanol–water partition coefficient (Wildman–Crippen LogP) is 3.79. The van der Waals surface area contributed by atoms with Crippen molar-refractivity contribution in [2.75, 3.05) is 13.7 Å². The van der Waals surface area contributed by atoms with E-state index in [0.29, 0.717) is 28.6 Å². The summed E-state index contributed by atoms with van der Waals surface area (Å²) < 4.78 is 25.4. The molecule has 0 aliphatic heterocycles. The number of ether oxygens (including phenoxy) is 2. The van der Waals surface area contributed by atoms with Crippen LogP contribution in [0.4, 0.5) is 4.39 Å². The molecule has 0 bridgehead atoms. The van der Waals surface area contributed by atoms with Gasteiger partial charge in [-0.15, -0.1) is 0 Å². The van der Waals surface area contributed by atoms with Crippen molar-refractivity contribution in [2.45, 2.75) is 19.3 Å². The van der Waals surface area contributed by atoms with E-state index in [4.69, 9.17) is 9.47 Å². The summed E-state index contributed by atoms with van der Waals surface area (Å²) in [6, 6.07) is 20.5. The van der Waals surface area contributed by atoms with E-state index in [2.05, 4.69) is 5.10 Å². The third kappa shape index (κ3) is 4.85. The van der Waals surface area contributed by atoms with Crippen molar-refractivity contribution < 1.29 is 19.0 Å². The summed E-state index contributed by atoms with van der Waals surface area (Å²) in [5.41, 5.74) is 1.87. The number of aliphatic hydroxyl groups excluding tert-OH is 1. The molecule has 0 amide bonds. The topological polar surface area (TPSA) is 73.6 Å². The van der Waals surface area contributed by atoms with Gasteiger partial charge in [-0.05, 0) is 48.0 Å². The van der Waals surface area contributed by atoms with Crippen molar-refractivity contribution in [1.82, 2.24) is 9.78 Å². The number of rotatable bonds is 8. The van der Waals surface area contributed by atoms with Crippen LogP contribution >= 0.6 is 0 Å². The summed E-state index contributed by atoms with van der Waals surface area (Å²) in [5.74, 6) is 0.406. The highest BCUT2D eigenvalue weighted by Gasteiger charge is 2.15. The van der Waals surface area contributed by atoms with Crippen LogP contribution in [-0.2, 0) is 17.9 Å². The van der Waals surface area contributed by atoms with Crippen LogP contribution in [0.3, 0.4) is 0 Å². The Morgan fingerprint density at radius 3 is 2.38 bits per heavy atom. The van der Waals surface area contributed by atoms with Gasteiger partial charge in [-0.3, -0.25) is 4.79 Å². The first-order valence-electron chi connectivity index (χ1n) is 10.2. The van der Waals surface area contributed by atoms with Crippen LogP contribution in [0.5, 0.6) is 5.75 Å². The number of aliphatic hydroxyl groups is 1. The summed E-state index contributed by atoms with van der Waals surface area (Å²) in [6.45, 7) is 0.335. The molecular weight excluding hydrogens is 411 g/mol. The van der Waals surface area contributed by atoms with Crippen LogP contribution in [0.2, 0.25) is 0 Å². The zero-order valence-electron chi connectivity index (χ0n) is 17.6. The molecule has 0 spiro atoms. The van der Waals surface area contributed by atoms with E-state index in [1.807, 2.05) is 30.3 Å². The molecule has 0 aliphatic rings. The molecule has 0 saturated carbocycles. The maximum Gasteiger partial charge on any atom is 0.274 e. The fraction of sp³-hybridized carbons (Fsp3) is 0.200. The summed E-state index contributed by atoms with van der Waals surface area (Å²) in [6.07, 6.45) is -0.930. The molecule has 0 aliphatic carbocycles. The minimum atomic E-state index is -0.930. The van der Waals surface area contributed by atoms with Crippen LogP contribution < -0.4 is 10.3 Å². The molecule has 1 heterocycles. The van der Waals surface area contributed by atoms with Crippen molar-refractivity contribution >= 4 is 10.8 Å². The Kier molecular flexibility index (Phi) is 6.58. The molecule has 0 saturated heterocycles. The third-order valence-corrected chi connectivity index (χ3v) is 5.11. The van der Waals surface area contributed by atoms with E-state index in [0.717, 1.165) is 11.3 Å². The molecular formula is C25H23FN2O4. The summed E-state index contributed by atoms with van der Waals surface area (Å²) in [7, 11) is 1.60. The van der Waals surface area contributed by atoms with Gasteiger partial charge in [0, 0.05) is 10.9 Å². The number of nitrogens with zero attached hydrogens (tertiary/aromatic N) is 2. The molecule has 6 nitrogen and oxygen atoms in total. The fourth-order valence-electron chi connectivity index (χ4n) is 3.47. The van der Waals surface area contributed by atoms with Crippen molar-refractivity contribution in [2.24, 2.45) is 0 Å². The predicted molar refractivity (Wildman–Crippen MR) is 120 cm³/mol. The van der Waals surface area contributed by atoms with E-state index < -0.39 is 6.10 Å². The van der Waals surface area contributed by atoms with Gasteiger partial charge in [-0.25, -0.2) is 9.07 Å². The second-order valence-corrected chi connectivity index (χ2v) is 7.41. The normalized spacial score (nSPS) is 12.1. The van der Waals surface area contributed by atoms with Gasteiger partial charge in [-0.1, -0.05) is 30.3 Å². The zero-order valence-corrected chi connectivity index (χ0v) is 17.6. The molecule has 0 radical (unpaired) electrons. The fourth-order valence-corrected chi connectivity index (χ4v) is 3.47. The molecule has 4 aromatic rings. The van der Waals surface area contributed by atoms with Crippen LogP contribution in [0.15, 0.2) is 77.6 Å². The second kappa shape index (κ2) is 9.72. The molecule has 0 fully saturated rings. The number of halogens is 1. The van der Waals surface area contributed by atoms with Gasteiger partial charge >= 0.3 is 0 Å². The standard InChI is InChI=1S/C25H23FN2O4/c1-31-21-12-6-17(7-13-21)15-32-16-20(29)14-28-25(30)23-5-3-2-4-22(23)24(27-28)18-8-10-19(26)11-9-18/h2-13,20,29H,14-16H2,1H3. The van der Waals surface area contributed by atoms with Crippen LogP contribution in [0.25, 0.3) is 22.0 Å². The number of methoxy groups -OCH3 is 1. The average molecular weight is 434 g/mol. The van der Waals surface area contributed by atoms with Crippen molar-refractivity contribution in [3.05, 3.63) is 94.5 Å². The van der Waals surface area contributed by atoms with Crippen molar-refractivity contribution in [3.8, 4) is 17.0 Å². The molecule has 32 heavy (non-hydrogen) atoms. The molecule has 1 atom stereocenters. The quantitative estimate of drug-likeness (QED) is 0.457. The number of aromatic nitrogens is 2. The lowest BCUT2D eigenvalue weighted by atomic mass is 10.1. The van der Waals surface area contributed by atoms with Crippen LogP contribution in [0.1, 0.15) is 5.56 Å². The summed E-state index contributed by atoms with van der Waals surface area (Å²) in [4.78, 5) is 12.9. The van der Waals surface area contributed by atoms with Gasteiger partial charge in [0.1, 0.15) is 11.6 Å². The highest BCUT2D eigenvalue weighted by molar-refractivity contribution is 5.93. The van der Waals surface area contributed by atoms with Gasteiger partial charge in [0.25, 0.3) is 5.56 Å². The van der Waals surface area contributed by atoms with E-state index in [1.54, 1.807) is 37.4 Å². The maximum absolute atomic E-state index is 13.4. The maximum atomic E-state index is 13.4. The minimum absolute atomic E-state index is 0.0273. The highest BCUT2D eigenvalue weighted by Crippen LogP contribution is 2.24. The molecule has 4 rings (SSSR count). The Bertz CT molecular complexity index is 1250. The molecule has 1 N–H and O–H groups in total. The van der Waals surface area contributed by atoms with Gasteiger partial charge in [0.05, 0.1) is 44.1 Å². The second-order valence-electron chi connectivity index (χ2n) is 7.41. The Balaban J connectivity index is 1.52. The molecule has 1 aromatic heterocycles. The Morgan fingerprint density at radius 2 is 1.69 bits per heavy atom. The van der Waals surface area contributed by atoms with E-state index in [-0.39, 0.29) is 24.5 Å². The van der Waals surface area contributed by atoms with Crippen LogP contribution in [-0.4, -0.2) is 34.7 Å². The smallest absolute Gasteiger partial charge is 0.274 e. The lowest BCUT2D eigenvalue weighted by Crippen LogP contribution is -2.31. The van der Waals surface area contributed by atoms with Crippen molar-refractivity contribution in [3.63, 3.8) is 0 Å². The molecule has 164 valence electrons. The minimum Gasteiger partial charge on any atom is -0.497 e. The monoisotopic (exact) mass is 434 g/mol. The molecule has 7 heteroatoms. The third-order valence-electron chi connectivity index (χ3n) is 5.11. The van der Waals surface area contributed by atoms with Gasteiger partial charge in [0.15, 0.2) is 0 Å². The Morgan fingerprint density at radius 1 is 1.00 bits per heavy atom. The number of fused-ring (bicyclic) bond motifs is 1. The Hall–Kier alpha value is -3.55. The highest BCUT2D eigenvalue weighted by atomic mass is 19.1. The first-order valence-corrected chi connectivity index (χ1v) is 10.2. The first-order chi connectivity index (χ1) is 15.5. The van der Waals surface area contributed by atoms with Gasteiger partial charge in [-0.2, -0.15) is 5.10 Å². The number of hydrogen-bond donors (Lipinski definition) is 1. The van der Waals surface area contributed by atoms with Gasteiger partial charge in [0.2, 0.25) is 0 Å². The summed E-state index contributed by atoms with van der Waals surface area (Å²) in [5, 5.41) is 16.1. The zero-order chi connectivity index (χ0) is 22.5. The average Bonchev–Trinajstić information content (AvgIpc) is 2.82.